The van der Waals surface area contributed by atoms with Crippen LogP contribution in [0.5, 0.6) is 0 Å². The number of benzene rings is 1. The number of hydrogen-bond acceptors (Lipinski definition) is 3. The largest absolute Gasteiger partial charge is 0.357 e. The second-order valence-electron chi connectivity index (χ2n) is 5.59. The Morgan fingerprint density at radius 2 is 1.86 bits per heavy atom. The Labute approximate surface area is 134 Å². The first kappa shape index (κ1) is 18.5. The molecule has 0 saturated heterocycles. The van der Waals surface area contributed by atoms with Crippen LogP contribution in [0, 0.1) is 6.92 Å². The van der Waals surface area contributed by atoms with Crippen molar-refractivity contribution < 1.29 is 8.42 Å². The van der Waals surface area contributed by atoms with Gasteiger partial charge >= 0.3 is 0 Å². The monoisotopic (exact) mass is 325 g/mol. The maximum Gasteiger partial charge on any atom is 0.191 e. The molecule has 1 unspecified atom stereocenters. The molecule has 0 aromatic heterocycles. The molecule has 1 atom stereocenters. The molecule has 0 bridgehead atoms. The summed E-state index contributed by atoms with van der Waals surface area (Å²) in [5.74, 6) is 1.07. The molecular formula is C16H27N3O2S. The maximum atomic E-state index is 11.1. The molecule has 6 heteroatoms. The van der Waals surface area contributed by atoms with Gasteiger partial charge in [0.25, 0.3) is 0 Å². The van der Waals surface area contributed by atoms with Crippen LogP contribution in [0.4, 0.5) is 0 Å². The van der Waals surface area contributed by atoms with E-state index in [9.17, 15) is 8.42 Å². The van der Waals surface area contributed by atoms with Gasteiger partial charge in [0.1, 0.15) is 9.84 Å². The zero-order valence-corrected chi connectivity index (χ0v) is 14.7. The first-order valence-electron chi connectivity index (χ1n) is 7.58. The molecular weight excluding hydrogens is 298 g/mol. The highest BCUT2D eigenvalue weighted by atomic mass is 32.2. The van der Waals surface area contributed by atoms with Crippen LogP contribution in [-0.4, -0.2) is 46.0 Å². The predicted octanol–water partition coefficient (Wildman–Crippen LogP) is 1.70. The molecule has 0 radical (unpaired) electrons. The van der Waals surface area contributed by atoms with E-state index in [2.05, 4.69) is 53.7 Å². The molecule has 0 aliphatic rings. The molecule has 22 heavy (non-hydrogen) atoms. The van der Waals surface area contributed by atoms with E-state index in [4.69, 9.17) is 0 Å². The SMILES string of the molecule is CCNC(=NCC(C)c1ccc(C)cc1)NCCS(C)(=O)=O. The van der Waals surface area contributed by atoms with Crippen molar-refractivity contribution in [1.29, 1.82) is 0 Å². The molecule has 0 spiro atoms. The molecule has 0 saturated carbocycles. The standard InChI is InChI=1S/C16H27N3O2S/c1-5-17-16(18-10-11-22(4,20)21)19-12-14(3)15-8-6-13(2)7-9-15/h6-9,14H,5,10-12H2,1-4H3,(H2,17,18,19). The van der Waals surface area contributed by atoms with Crippen LogP contribution in [0.2, 0.25) is 0 Å². The van der Waals surface area contributed by atoms with Crippen molar-refractivity contribution in [1.82, 2.24) is 10.6 Å². The third-order valence-electron chi connectivity index (χ3n) is 3.28. The topological polar surface area (TPSA) is 70.6 Å². The predicted molar refractivity (Wildman–Crippen MR) is 93.3 cm³/mol. The number of hydrogen-bond donors (Lipinski definition) is 2. The van der Waals surface area contributed by atoms with Crippen molar-refractivity contribution in [2.45, 2.75) is 26.7 Å². The van der Waals surface area contributed by atoms with Crippen LogP contribution in [0.1, 0.15) is 30.9 Å². The molecule has 0 amide bonds. The van der Waals surface area contributed by atoms with Crippen LogP contribution < -0.4 is 10.6 Å². The fourth-order valence-corrected chi connectivity index (χ4v) is 2.40. The number of aliphatic imine (C=N–C) groups is 1. The van der Waals surface area contributed by atoms with Gasteiger partial charge in [0, 0.05) is 31.8 Å². The Kier molecular flexibility index (Phi) is 7.38. The van der Waals surface area contributed by atoms with Crippen molar-refractivity contribution in [2.75, 3.05) is 31.6 Å². The van der Waals surface area contributed by atoms with Gasteiger partial charge in [0.15, 0.2) is 5.96 Å². The highest BCUT2D eigenvalue weighted by Gasteiger charge is 2.06. The summed E-state index contributed by atoms with van der Waals surface area (Å²) >= 11 is 0. The Hall–Kier alpha value is -1.56. The number of nitrogens with zero attached hydrogens (tertiary/aromatic N) is 1. The van der Waals surface area contributed by atoms with Crippen LogP contribution in [-0.2, 0) is 9.84 Å². The molecule has 2 N–H and O–H groups in total. The highest BCUT2D eigenvalue weighted by molar-refractivity contribution is 7.90. The summed E-state index contributed by atoms with van der Waals surface area (Å²) in [7, 11) is -2.96. The molecule has 1 aromatic rings. The number of guanidine groups is 1. The number of aryl methyl sites for hydroxylation is 1. The summed E-state index contributed by atoms with van der Waals surface area (Å²) in [5.41, 5.74) is 2.50. The van der Waals surface area contributed by atoms with Gasteiger partial charge in [-0.05, 0) is 19.4 Å². The van der Waals surface area contributed by atoms with Gasteiger partial charge in [-0.1, -0.05) is 36.8 Å². The lowest BCUT2D eigenvalue weighted by Gasteiger charge is -2.13. The first-order chi connectivity index (χ1) is 10.3. The van der Waals surface area contributed by atoms with Crippen LogP contribution in [0.15, 0.2) is 29.3 Å². The minimum absolute atomic E-state index is 0.102. The average molecular weight is 325 g/mol. The summed E-state index contributed by atoms with van der Waals surface area (Å²) in [6.07, 6.45) is 1.23. The fourth-order valence-electron chi connectivity index (χ4n) is 1.93. The normalized spacial score (nSPS) is 13.7. The van der Waals surface area contributed by atoms with E-state index in [1.807, 2.05) is 6.92 Å². The molecule has 0 aliphatic heterocycles. The molecule has 0 fully saturated rings. The lowest BCUT2D eigenvalue weighted by Crippen LogP contribution is -2.39. The summed E-state index contributed by atoms with van der Waals surface area (Å²) in [5, 5.41) is 6.18. The number of nitrogens with one attached hydrogen (secondary N) is 2. The first-order valence-corrected chi connectivity index (χ1v) is 9.64. The molecule has 1 aromatic carbocycles. The summed E-state index contributed by atoms with van der Waals surface area (Å²) < 4.78 is 22.3. The van der Waals surface area contributed by atoms with Crippen LogP contribution >= 0.6 is 0 Å². The van der Waals surface area contributed by atoms with E-state index in [0.717, 1.165) is 6.54 Å². The zero-order chi connectivity index (χ0) is 16.6. The number of sulfone groups is 1. The smallest absolute Gasteiger partial charge is 0.191 e. The Balaban J connectivity index is 2.58. The van der Waals surface area contributed by atoms with Crippen molar-refractivity contribution in [3.63, 3.8) is 0 Å². The van der Waals surface area contributed by atoms with Gasteiger partial charge in [0.05, 0.1) is 5.75 Å². The van der Waals surface area contributed by atoms with Gasteiger partial charge in [-0.25, -0.2) is 8.42 Å². The summed E-state index contributed by atoms with van der Waals surface area (Å²) in [6.45, 7) is 7.94. The quantitative estimate of drug-likeness (QED) is 0.591. The zero-order valence-electron chi connectivity index (χ0n) is 13.9. The van der Waals surface area contributed by atoms with Crippen LogP contribution in [0.25, 0.3) is 0 Å². The van der Waals surface area contributed by atoms with Gasteiger partial charge in [-0.15, -0.1) is 0 Å². The number of rotatable bonds is 7. The second-order valence-corrected chi connectivity index (χ2v) is 7.85. The second kappa shape index (κ2) is 8.78. The molecule has 0 heterocycles. The summed E-state index contributed by atoms with van der Waals surface area (Å²) in [4.78, 5) is 4.53. The third kappa shape index (κ3) is 7.45. The Morgan fingerprint density at radius 1 is 1.23 bits per heavy atom. The van der Waals surface area contributed by atoms with E-state index >= 15 is 0 Å². The average Bonchev–Trinajstić information content (AvgIpc) is 2.44. The molecule has 1 rings (SSSR count). The van der Waals surface area contributed by atoms with Crippen molar-refractivity contribution in [3.05, 3.63) is 35.4 Å². The van der Waals surface area contributed by atoms with E-state index in [-0.39, 0.29) is 5.75 Å². The van der Waals surface area contributed by atoms with Gasteiger partial charge < -0.3 is 10.6 Å². The highest BCUT2D eigenvalue weighted by Crippen LogP contribution is 2.15. The fraction of sp³-hybridized carbons (Fsp3) is 0.562. The molecule has 0 aliphatic carbocycles. The minimum atomic E-state index is -2.96. The van der Waals surface area contributed by atoms with E-state index in [0.29, 0.717) is 25.0 Å². The van der Waals surface area contributed by atoms with Crippen LogP contribution in [0.3, 0.4) is 0 Å². The van der Waals surface area contributed by atoms with Crippen molar-refractivity contribution >= 4 is 15.8 Å². The van der Waals surface area contributed by atoms with Crippen molar-refractivity contribution in [3.8, 4) is 0 Å². The lowest BCUT2D eigenvalue weighted by atomic mass is 10.0. The molecule has 5 nitrogen and oxygen atoms in total. The van der Waals surface area contributed by atoms with Gasteiger partial charge in [-0.2, -0.15) is 0 Å². The van der Waals surface area contributed by atoms with E-state index in [1.54, 1.807) is 0 Å². The third-order valence-corrected chi connectivity index (χ3v) is 4.22. The minimum Gasteiger partial charge on any atom is -0.357 e. The Bertz CT molecular complexity index is 580. The van der Waals surface area contributed by atoms with E-state index < -0.39 is 9.84 Å². The molecule has 124 valence electrons. The lowest BCUT2D eigenvalue weighted by molar-refractivity contribution is 0.600. The Morgan fingerprint density at radius 3 is 2.41 bits per heavy atom. The van der Waals surface area contributed by atoms with Crippen molar-refractivity contribution in [2.24, 2.45) is 4.99 Å². The summed E-state index contributed by atoms with van der Waals surface area (Å²) in [6, 6.07) is 8.45. The van der Waals surface area contributed by atoms with Gasteiger partial charge in [0.2, 0.25) is 0 Å². The van der Waals surface area contributed by atoms with Gasteiger partial charge in [-0.3, -0.25) is 4.99 Å². The maximum absolute atomic E-state index is 11.1. The van der Waals surface area contributed by atoms with E-state index in [1.165, 1.54) is 17.4 Å².